The molecule has 1 aliphatic rings. The van der Waals surface area contributed by atoms with E-state index < -0.39 is 0 Å². The van der Waals surface area contributed by atoms with Crippen LogP contribution in [-0.2, 0) is 35.5 Å². The molecular formula is C17H21N3O2. The summed E-state index contributed by atoms with van der Waals surface area (Å²) < 4.78 is 6.61. The van der Waals surface area contributed by atoms with Crippen LogP contribution in [0.2, 0.25) is 0 Å². The molecule has 116 valence electrons. The van der Waals surface area contributed by atoms with Gasteiger partial charge in [-0.3, -0.25) is 9.48 Å². The van der Waals surface area contributed by atoms with E-state index in [4.69, 9.17) is 9.84 Å². The first-order valence-corrected chi connectivity index (χ1v) is 7.54. The smallest absolute Gasteiger partial charge is 0.327 e. The Bertz CT molecular complexity index is 664. The van der Waals surface area contributed by atoms with Crippen LogP contribution in [0.4, 0.5) is 0 Å². The predicted octanol–water partition coefficient (Wildman–Crippen LogP) is 1.63. The number of esters is 1. The first-order valence-electron chi connectivity index (χ1n) is 7.54. The molecule has 0 spiro atoms. The van der Waals surface area contributed by atoms with Gasteiger partial charge in [-0.2, -0.15) is 5.10 Å². The lowest BCUT2D eigenvalue weighted by atomic mass is 10.0. The number of aromatic nitrogens is 2. The van der Waals surface area contributed by atoms with E-state index in [1.165, 1.54) is 23.9 Å². The molecule has 0 unspecified atom stereocenters. The van der Waals surface area contributed by atoms with Crippen LogP contribution in [0.25, 0.3) is 0 Å². The number of ether oxygens (including phenoxy) is 1. The first kappa shape index (κ1) is 14.8. The van der Waals surface area contributed by atoms with Crippen LogP contribution in [0.15, 0.2) is 30.3 Å². The number of rotatable bonds is 4. The summed E-state index contributed by atoms with van der Waals surface area (Å²) >= 11 is 0. The molecule has 1 aliphatic heterocycles. The van der Waals surface area contributed by atoms with Crippen LogP contribution in [0.5, 0.6) is 0 Å². The third kappa shape index (κ3) is 3.04. The lowest BCUT2D eigenvalue weighted by molar-refractivity contribution is -0.141. The molecule has 0 saturated heterocycles. The van der Waals surface area contributed by atoms with Crippen molar-refractivity contribution < 1.29 is 9.53 Å². The summed E-state index contributed by atoms with van der Waals surface area (Å²) in [4.78, 5) is 13.9. The third-order valence-electron chi connectivity index (χ3n) is 4.13. The zero-order chi connectivity index (χ0) is 15.5. The van der Waals surface area contributed by atoms with Gasteiger partial charge in [0.05, 0.1) is 12.8 Å². The second-order valence-corrected chi connectivity index (χ2v) is 5.76. The van der Waals surface area contributed by atoms with E-state index in [-0.39, 0.29) is 12.5 Å². The monoisotopic (exact) mass is 299 g/mol. The Morgan fingerprint density at radius 3 is 2.82 bits per heavy atom. The summed E-state index contributed by atoms with van der Waals surface area (Å²) in [6, 6.07) is 10.3. The van der Waals surface area contributed by atoms with Gasteiger partial charge in [0.25, 0.3) is 0 Å². The van der Waals surface area contributed by atoms with Gasteiger partial charge >= 0.3 is 5.97 Å². The average molecular weight is 299 g/mol. The number of carbonyl (C=O) groups excluding carboxylic acids is 1. The molecule has 0 fully saturated rings. The molecule has 2 heterocycles. The van der Waals surface area contributed by atoms with Gasteiger partial charge in [0.15, 0.2) is 0 Å². The van der Waals surface area contributed by atoms with E-state index in [0.717, 1.165) is 31.6 Å². The van der Waals surface area contributed by atoms with Crippen LogP contribution in [0, 0.1) is 0 Å². The molecular weight excluding hydrogens is 278 g/mol. The third-order valence-corrected chi connectivity index (χ3v) is 4.13. The van der Waals surface area contributed by atoms with Crippen molar-refractivity contribution in [2.24, 2.45) is 0 Å². The second kappa shape index (κ2) is 6.32. The van der Waals surface area contributed by atoms with Crippen molar-refractivity contribution >= 4 is 5.97 Å². The zero-order valence-corrected chi connectivity index (χ0v) is 13.1. The molecule has 22 heavy (non-hydrogen) atoms. The van der Waals surface area contributed by atoms with E-state index >= 15 is 0 Å². The molecule has 1 aromatic carbocycles. The second-order valence-electron chi connectivity index (χ2n) is 5.76. The van der Waals surface area contributed by atoms with Crippen molar-refractivity contribution in [3.63, 3.8) is 0 Å². The summed E-state index contributed by atoms with van der Waals surface area (Å²) in [5.41, 5.74) is 4.74. The van der Waals surface area contributed by atoms with E-state index in [9.17, 15) is 4.79 Å². The molecule has 0 saturated carbocycles. The highest BCUT2D eigenvalue weighted by Gasteiger charge is 2.24. The number of benzene rings is 1. The van der Waals surface area contributed by atoms with Crippen molar-refractivity contribution in [1.29, 1.82) is 0 Å². The Hall–Kier alpha value is -2.14. The van der Waals surface area contributed by atoms with Gasteiger partial charge in [0.1, 0.15) is 6.54 Å². The van der Waals surface area contributed by atoms with E-state index in [1.807, 2.05) is 22.9 Å². The van der Waals surface area contributed by atoms with Crippen molar-refractivity contribution in [3.05, 3.63) is 52.8 Å². The van der Waals surface area contributed by atoms with Gasteiger partial charge in [-0.05, 0) is 12.6 Å². The Labute approximate surface area is 130 Å². The highest BCUT2D eigenvalue weighted by atomic mass is 16.5. The molecule has 0 aliphatic carbocycles. The summed E-state index contributed by atoms with van der Waals surface area (Å²) in [6.45, 7) is 2.07. The van der Waals surface area contributed by atoms with E-state index in [2.05, 4.69) is 24.1 Å². The van der Waals surface area contributed by atoms with Crippen molar-refractivity contribution in [2.45, 2.75) is 25.9 Å². The topological polar surface area (TPSA) is 47.4 Å². The van der Waals surface area contributed by atoms with Gasteiger partial charge in [-0.1, -0.05) is 30.3 Å². The fraction of sp³-hybridized carbons (Fsp3) is 0.412. The normalized spacial score (nSPS) is 14.6. The number of carbonyl (C=O) groups is 1. The molecule has 3 rings (SSSR count). The number of fused-ring (bicyclic) bond motifs is 1. The minimum atomic E-state index is -0.254. The zero-order valence-electron chi connectivity index (χ0n) is 13.1. The minimum Gasteiger partial charge on any atom is -0.468 e. The van der Waals surface area contributed by atoms with Gasteiger partial charge in [-0.15, -0.1) is 0 Å². The number of nitrogens with zero attached hydrogens (tertiary/aromatic N) is 3. The molecule has 5 heteroatoms. The fourth-order valence-electron chi connectivity index (χ4n) is 2.95. The predicted molar refractivity (Wildman–Crippen MR) is 83.5 cm³/mol. The Morgan fingerprint density at radius 1 is 1.32 bits per heavy atom. The number of hydrogen-bond donors (Lipinski definition) is 0. The Kier molecular flexibility index (Phi) is 4.24. The summed E-state index contributed by atoms with van der Waals surface area (Å²) in [6.07, 6.45) is 1.72. The van der Waals surface area contributed by atoms with Gasteiger partial charge < -0.3 is 9.64 Å². The van der Waals surface area contributed by atoms with E-state index in [0.29, 0.717) is 0 Å². The van der Waals surface area contributed by atoms with Gasteiger partial charge in [-0.25, -0.2) is 0 Å². The van der Waals surface area contributed by atoms with Crippen LogP contribution in [-0.4, -0.2) is 41.4 Å². The standard InChI is InChI=1S/C17H21N3O2/c1-19-9-8-16-14(11-19)15(10-13-6-4-3-5-7-13)18-20(16)12-17(21)22-2/h3-7H,8-12H2,1-2H3. The molecule has 0 radical (unpaired) electrons. The van der Waals surface area contributed by atoms with Crippen LogP contribution < -0.4 is 0 Å². The number of likely N-dealkylation sites (N-methyl/N-ethyl adjacent to an activating group) is 1. The van der Waals surface area contributed by atoms with Crippen molar-refractivity contribution in [3.8, 4) is 0 Å². The summed E-state index contributed by atoms with van der Waals surface area (Å²) in [5, 5.41) is 4.70. The van der Waals surface area contributed by atoms with Gasteiger partial charge in [0.2, 0.25) is 0 Å². The molecule has 2 aromatic rings. The van der Waals surface area contributed by atoms with Crippen molar-refractivity contribution in [1.82, 2.24) is 14.7 Å². The van der Waals surface area contributed by atoms with Crippen LogP contribution in [0.3, 0.4) is 0 Å². The van der Waals surface area contributed by atoms with Crippen molar-refractivity contribution in [2.75, 3.05) is 20.7 Å². The maximum atomic E-state index is 11.6. The maximum absolute atomic E-state index is 11.6. The number of methoxy groups -OCH3 is 1. The molecule has 1 aromatic heterocycles. The highest BCUT2D eigenvalue weighted by molar-refractivity contribution is 5.69. The highest BCUT2D eigenvalue weighted by Crippen LogP contribution is 2.24. The minimum absolute atomic E-state index is 0.192. The maximum Gasteiger partial charge on any atom is 0.327 e. The first-order chi connectivity index (χ1) is 10.7. The molecule has 5 nitrogen and oxygen atoms in total. The molecule has 0 bridgehead atoms. The molecule has 0 amide bonds. The lowest BCUT2D eigenvalue weighted by Crippen LogP contribution is -2.28. The summed E-state index contributed by atoms with van der Waals surface area (Å²) in [5.74, 6) is -0.254. The average Bonchev–Trinajstić information content (AvgIpc) is 2.85. The van der Waals surface area contributed by atoms with Gasteiger partial charge in [0, 0.05) is 37.2 Å². The lowest BCUT2D eigenvalue weighted by Gasteiger charge is -2.23. The summed E-state index contributed by atoms with van der Waals surface area (Å²) in [7, 11) is 3.53. The molecule has 0 atom stereocenters. The molecule has 0 N–H and O–H groups in total. The van der Waals surface area contributed by atoms with E-state index in [1.54, 1.807) is 0 Å². The quantitative estimate of drug-likeness (QED) is 0.805. The number of hydrogen-bond acceptors (Lipinski definition) is 4. The Morgan fingerprint density at radius 2 is 2.09 bits per heavy atom. The SMILES string of the molecule is COC(=O)Cn1nc(Cc2ccccc2)c2c1CCN(C)C2. The largest absolute Gasteiger partial charge is 0.468 e. The van der Waals surface area contributed by atoms with Crippen LogP contribution >= 0.6 is 0 Å². The Balaban J connectivity index is 1.93. The van der Waals surface area contributed by atoms with Crippen LogP contribution in [0.1, 0.15) is 22.5 Å². The fourth-order valence-corrected chi connectivity index (χ4v) is 2.95.